The van der Waals surface area contributed by atoms with Crippen molar-refractivity contribution in [2.45, 2.75) is 27.3 Å². The second-order valence-corrected chi connectivity index (χ2v) is 6.86. The summed E-state index contributed by atoms with van der Waals surface area (Å²) in [6.07, 6.45) is 0. The predicted molar refractivity (Wildman–Crippen MR) is 95.4 cm³/mol. The van der Waals surface area contributed by atoms with E-state index >= 15 is 0 Å². The molecule has 1 N–H and O–H groups in total. The lowest BCUT2D eigenvalue weighted by molar-refractivity contribution is -0.114. The van der Waals surface area contributed by atoms with Crippen molar-refractivity contribution in [3.8, 4) is 0 Å². The van der Waals surface area contributed by atoms with Crippen LogP contribution >= 0.6 is 11.3 Å². The number of nitrogens with one attached hydrogen (secondary N) is 1. The molecular formula is C16H22N6OS. The van der Waals surface area contributed by atoms with Gasteiger partial charge in [-0.3, -0.25) is 9.69 Å². The van der Waals surface area contributed by atoms with Crippen molar-refractivity contribution in [2.24, 2.45) is 0 Å². The van der Waals surface area contributed by atoms with Crippen molar-refractivity contribution < 1.29 is 4.79 Å². The van der Waals surface area contributed by atoms with Crippen molar-refractivity contribution in [3.63, 3.8) is 0 Å². The summed E-state index contributed by atoms with van der Waals surface area (Å²) in [5, 5.41) is 5.41. The van der Waals surface area contributed by atoms with Gasteiger partial charge in [0, 0.05) is 56.8 Å². The number of hydrogen-bond donors (Lipinski definition) is 1. The first kappa shape index (κ1) is 16.8. The molecule has 1 aliphatic heterocycles. The third kappa shape index (κ3) is 4.27. The fourth-order valence-electron chi connectivity index (χ4n) is 2.81. The summed E-state index contributed by atoms with van der Waals surface area (Å²) >= 11 is 1.47. The summed E-state index contributed by atoms with van der Waals surface area (Å²) in [6.45, 7) is 10.1. The van der Waals surface area contributed by atoms with Gasteiger partial charge in [-0.05, 0) is 13.8 Å². The number of rotatable bonds is 4. The van der Waals surface area contributed by atoms with Gasteiger partial charge in [-0.15, -0.1) is 11.3 Å². The van der Waals surface area contributed by atoms with Gasteiger partial charge in [0.1, 0.15) is 11.6 Å². The molecule has 2 aromatic rings. The second kappa shape index (κ2) is 7.23. The Hall–Kier alpha value is -2.06. The maximum absolute atomic E-state index is 11.1. The van der Waals surface area contributed by atoms with Crippen molar-refractivity contribution in [3.05, 3.63) is 28.7 Å². The highest BCUT2D eigenvalue weighted by Crippen LogP contribution is 2.19. The van der Waals surface area contributed by atoms with E-state index in [1.165, 1.54) is 18.3 Å². The number of nitrogens with zero attached hydrogens (tertiary/aromatic N) is 5. The molecule has 3 rings (SSSR count). The Morgan fingerprint density at radius 2 is 1.96 bits per heavy atom. The van der Waals surface area contributed by atoms with Crippen molar-refractivity contribution in [1.29, 1.82) is 0 Å². The SMILES string of the molecule is CC(=O)Nc1nc(CN2CCN(c3cc(C)nc(C)n3)CC2)cs1. The van der Waals surface area contributed by atoms with E-state index in [9.17, 15) is 4.79 Å². The molecular weight excluding hydrogens is 324 g/mol. The van der Waals surface area contributed by atoms with Crippen LogP contribution in [0.2, 0.25) is 0 Å². The van der Waals surface area contributed by atoms with Crippen LogP contribution < -0.4 is 10.2 Å². The van der Waals surface area contributed by atoms with Gasteiger partial charge in [-0.1, -0.05) is 0 Å². The molecule has 2 aromatic heterocycles. The Morgan fingerprint density at radius 3 is 2.62 bits per heavy atom. The van der Waals surface area contributed by atoms with E-state index in [4.69, 9.17) is 0 Å². The van der Waals surface area contributed by atoms with E-state index in [2.05, 4.69) is 30.1 Å². The summed E-state index contributed by atoms with van der Waals surface area (Å²) in [6, 6.07) is 2.04. The van der Waals surface area contributed by atoms with Crippen LogP contribution in [0.5, 0.6) is 0 Å². The highest BCUT2D eigenvalue weighted by Gasteiger charge is 2.19. The van der Waals surface area contributed by atoms with E-state index in [1.54, 1.807) is 0 Å². The van der Waals surface area contributed by atoms with E-state index in [1.807, 2.05) is 25.3 Å². The van der Waals surface area contributed by atoms with Crippen molar-refractivity contribution in [2.75, 3.05) is 36.4 Å². The lowest BCUT2D eigenvalue weighted by atomic mass is 10.3. The van der Waals surface area contributed by atoms with Crippen LogP contribution in [0.25, 0.3) is 0 Å². The third-order valence-corrected chi connectivity index (χ3v) is 4.68. The zero-order valence-corrected chi connectivity index (χ0v) is 15.1. The highest BCUT2D eigenvalue weighted by atomic mass is 32.1. The minimum absolute atomic E-state index is 0.0834. The molecule has 0 saturated carbocycles. The number of carbonyl (C=O) groups excluding carboxylic acids is 1. The molecule has 1 aliphatic rings. The van der Waals surface area contributed by atoms with Gasteiger partial charge in [0.2, 0.25) is 5.91 Å². The molecule has 3 heterocycles. The summed E-state index contributed by atoms with van der Waals surface area (Å²) in [5.74, 6) is 1.75. The van der Waals surface area contributed by atoms with Crippen LogP contribution in [-0.4, -0.2) is 51.9 Å². The minimum Gasteiger partial charge on any atom is -0.354 e. The first-order chi connectivity index (χ1) is 11.5. The molecule has 1 amide bonds. The lowest BCUT2D eigenvalue weighted by Crippen LogP contribution is -2.46. The average Bonchev–Trinajstić information content (AvgIpc) is 2.93. The fourth-order valence-corrected chi connectivity index (χ4v) is 3.56. The zero-order chi connectivity index (χ0) is 17.1. The zero-order valence-electron chi connectivity index (χ0n) is 14.2. The molecule has 1 fully saturated rings. The summed E-state index contributed by atoms with van der Waals surface area (Å²) < 4.78 is 0. The molecule has 0 bridgehead atoms. The smallest absolute Gasteiger partial charge is 0.223 e. The quantitative estimate of drug-likeness (QED) is 0.910. The first-order valence-corrected chi connectivity index (χ1v) is 8.89. The molecule has 8 heteroatoms. The lowest BCUT2D eigenvalue weighted by Gasteiger charge is -2.35. The van der Waals surface area contributed by atoms with Crippen LogP contribution in [0, 0.1) is 13.8 Å². The molecule has 24 heavy (non-hydrogen) atoms. The van der Waals surface area contributed by atoms with Gasteiger partial charge in [0.25, 0.3) is 0 Å². The average molecular weight is 346 g/mol. The van der Waals surface area contributed by atoms with Gasteiger partial charge in [0.15, 0.2) is 5.13 Å². The van der Waals surface area contributed by atoms with Crippen molar-refractivity contribution in [1.82, 2.24) is 19.9 Å². The minimum atomic E-state index is -0.0834. The number of piperazine rings is 1. The third-order valence-electron chi connectivity index (χ3n) is 3.87. The number of carbonyl (C=O) groups is 1. The van der Waals surface area contributed by atoms with E-state index in [-0.39, 0.29) is 5.91 Å². The molecule has 7 nitrogen and oxygen atoms in total. The Morgan fingerprint density at radius 1 is 1.21 bits per heavy atom. The van der Waals surface area contributed by atoms with Crippen LogP contribution in [0.15, 0.2) is 11.4 Å². The number of thiazole rings is 1. The summed E-state index contributed by atoms with van der Waals surface area (Å²) in [7, 11) is 0. The van der Waals surface area contributed by atoms with Gasteiger partial charge >= 0.3 is 0 Å². The van der Waals surface area contributed by atoms with Crippen LogP contribution in [0.4, 0.5) is 10.9 Å². The van der Waals surface area contributed by atoms with Gasteiger partial charge in [-0.25, -0.2) is 15.0 Å². The Balaban J connectivity index is 1.55. The molecule has 128 valence electrons. The van der Waals surface area contributed by atoms with E-state index in [0.29, 0.717) is 5.13 Å². The van der Waals surface area contributed by atoms with Gasteiger partial charge < -0.3 is 10.2 Å². The van der Waals surface area contributed by atoms with Crippen LogP contribution in [0.3, 0.4) is 0 Å². The fraction of sp³-hybridized carbons (Fsp3) is 0.500. The molecule has 0 atom stereocenters. The van der Waals surface area contributed by atoms with E-state index in [0.717, 1.165) is 55.8 Å². The number of hydrogen-bond acceptors (Lipinski definition) is 7. The number of amides is 1. The standard InChI is InChI=1S/C16H22N6OS/c1-11-8-15(18-12(2)17-11)22-6-4-21(5-7-22)9-14-10-24-16(20-14)19-13(3)23/h8,10H,4-7,9H2,1-3H3,(H,19,20,23). The number of anilines is 2. The molecule has 0 unspecified atom stereocenters. The Kier molecular flexibility index (Phi) is 5.06. The van der Waals surface area contributed by atoms with Crippen LogP contribution in [0.1, 0.15) is 24.1 Å². The first-order valence-electron chi connectivity index (χ1n) is 8.01. The van der Waals surface area contributed by atoms with E-state index < -0.39 is 0 Å². The normalized spacial score (nSPS) is 15.5. The molecule has 1 saturated heterocycles. The monoisotopic (exact) mass is 346 g/mol. The summed E-state index contributed by atoms with van der Waals surface area (Å²) in [4.78, 5) is 29.1. The van der Waals surface area contributed by atoms with Crippen molar-refractivity contribution >= 4 is 28.2 Å². The molecule has 0 spiro atoms. The largest absolute Gasteiger partial charge is 0.354 e. The maximum atomic E-state index is 11.1. The second-order valence-electron chi connectivity index (χ2n) is 6.00. The molecule has 0 aliphatic carbocycles. The Bertz CT molecular complexity index is 703. The van der Waals surface area contributed by atoms with Crippen LogP contribution in [-0.2, 0) is 11.3 Å². The van der Waals surface area contributed by atoms with Gasteiger partial charge in [-0.2, -0.15) is 0 Å². The highest BCUT2D eigenvalue weighted by molar-refractivity contribution is 7.13. The summed E-state index contributed by atoms with van der Waals surface area (Å²) in [5.41, 5.74) is 2.01. The van der Waals surface area contributed by atoms with Gasteiger partial charge in [0.05, 0.1) is 5.69 Å². The Labute approximate surface area is 145 Å². The molecule has 0 radical (unpaired) electrons. The molecule has 0 aromatic carbocycles. The topological polar surface area (TPSA) is 74.2 Å². The number of aryl methyl sites for hydroxylation is 2. The number of aromatic nitrogens is 3. The predicted octanol–water partition coefficient (Wildman–Crippen LogP) is 1.83. The maximum Gasteiger partial charge on any atom is 0.223 e.